The Morgan fingerprint density at radius 2 is 2.26 bits per heavy atom. The fourth-order valence-corrected chi connectivity index (χ4v) is 3.70. The molecule has 0 spiro atoms. The van der Waals surface area contributed by atoms with Gasteiger partial charge in [0.25, 0.3) is 0 Å². The Bertz CT molecular complexity index is 425. The Balaban J connectivity index is 2.16. The summed E-state index contributed by atoms with van der Waals surface area (Å²) in [6.45, 7) is 5.21. The number of halogens is 1. The van der Waals surface area contributed by atoms with Crippen molar-refractivity contribution in [2.75, 3.05) is 19.5 Å². The lowest BCUT2D eigenvalue weighted by Crippen LogP contribution is -2.41. The van der Waals surface area contributed by atoms with Crippen molar-refractivity contribution in [2.24, 2.45) is 5.92 Å². The first-order valence-electron chi connectivity index (χ1n) is 6.79. The monoisotopic (exact) mass is 299 g/mol. The molecule has 19 heavy (non-hydrogen) atoms. The van der Waals surface area contributed by atoms with Gasteiger partial charge in [-0.2, -0.15) is 0 Å². The molecule has 1 heterocycles. The van der Waals surface area contributed by atoms with Crippen molar-refractivity contribution in [1.82, 2.24) is 5.32 Å². The molecule has 1 aliphatic heterocycles. The number of thioether (sulfide) groups is 1. The minimum atomic E-state index is 0.380. The molecule has 2 atom stereocenters. The van der Waals surface area contributed by atoms with Crippen LogP contribution in [-0.4, -0.2) is 25.5 Å². The van der Waals surface area contributed by atoms with Crippen LogP contribution in [0.25, 0.3) is 0 Å². The summed E-state index contributed by atoms with van der Waals surface area (Å²) in [6, 6.07) is 6.98. The van der Waals surface area contributed by atoms with Crippen molar-refractivity contribution in [2.45, 2.75) is 37.2 Å². The first kappa shape index (κ1) is 15.2. The quantitative estimate of drug-likeness (QED) is 0.883. The number of hydrogen-bond donors (Lipinski definition) is 1. The first-order chi connectivity index (χ1) is 9.11. The number of fused-ring (bicyclic) bond motifs is 1. The zero-order valence-electron chi connectivity index (χ0n) is 11.8. The third-order valence-electron chi connectivity index (χ3n) is 3.58. The van der Waals surface area contributed by atoms with Gasteiger partial charge in [0.2, 0.25) is 0 Å². The minimum absolute atomic E-state index is 0.380. The van der Waals surface area contributed by atoms with E-state index in [0.29, 0.717) is 18.0 Å². The smallest absolute Gasteiger partial charge is 0.0618 e. The van der Waals surface area contributed by atoms with Crippen LogP contribution in [-0.2, 0) is 4.74 Å². The number of methoxy groups -OCH3 is 1. The number of nitrogens with one attached hydrogen (secondary N) is 1. The highest BCUT2D eigenvalue weighted by Gasteiger charge is 2.24. The van der Waals surface area contributed by atoms with Crippen molar-refractivity contribution in [3.05, 3.63) is 28.8 Å². The molecule has 0 saturated heterocycles. The molecule has 4 heteroatoms. The van der Waals surface area contributed by atoms with Crippen LogP contribution in [0, 0.1) is 5.92 Å². The van der Waals surface area contributed by atoms with E-state index in [0.717, 1.165) is 23.8 Å². The van der Waals surface area contributed by atoms with Crippen LogP contribution in [0.5, 0.6) is 0 Å². The van der Waals surface area contributed by atoms with Crippen LogP contribution >= 0.6 is 23.4 Å². The van der Waals surface area contributed by atoms with Crippen LogP contribution in [0.1, 0.15) is 31.9 Å². The SMILES string of the molecule is COCC(NC1CCSc2ccc(Cl)cc21)C(C)C. The minimum Gasteiger partial charge on any atom is -0.383 e. The van der Waals surface area contributed by atoms with E-state index in [1.54, 1.807) is 7.11 Å². The molecule has 1 aromatic rings. The molecule has 0 saturated carbocycles. The van der Waals surface area contributed by atoms with Crippen molar-refractivity contribution in [3.8, 4) is 0 Å². The van der Waals surface area contributed by atoms with Gasteiger partial charge >= 0.3 is 0 Å². The van der Waals surface area contributed by atoms with Crippen LogP contribution in [0.2, 0.25) is 5.02 Å². The fourth-order valence-electron chi connectivity index (χ4n) is 2.41. The molecular formula is C15H22ClNOS. The Kier molecular flexibility index (Phi) is 5.58. The van der Waals surface area contributed by atoms with E-state index in [2.05, 4.69) is 31.3 Å². The average molecular weight is 300 g/mol. The molecule has 0 fully saturated rings. The van der Waals surface area contributed by atoms with Gasteiger partial charge in [-0.3, -0.25) is 0 Å². The summed E-state index contributed by atoms with van der Waals surface area (Å²) in [6.07, 6.45) is 1.14. The molecule has 0 bridgehead atoms. The number of rotatable bonds is 5. The molecule has 1 aliphatic rings. The Morgan fingerprint density at radius 1 is 1.47 bits per heavy atom. The highest BCUT2D eigenvalue weighted by Crippen LogP contribution is 2.37. The second kappa shape index (κ2) is 6.98. The van der Waals surface area contributed by atoms with Gasteiger partial charge in [-0.1, -0.05) is 25.4 Å². The van der Waals surface area contributed by atoms with Crippen molar-refractivity contribution in [1.29, 1.82) is 0 Å². The normalized spacial score (nSPS) is 20.4. The second-order valence-corrected chi connectivity index (χ2v) is 6.92. The molecule has 0 radical (unpaired) electrons. The summed E-state index contributed by atoms with van der Waals surface area (Å²) >= 11 is 8.06. The van der Waals surface area contributed by atoms with E-state index >= 15 is 0 Å². The average Bonchev–Trinajstić information content (AvgIpc) is 2.38. The van der Waals surface area contributed by atoms with E-state index in [9.17, 15) is 0 Å². The number of hydrogen-bond acceptors (Lipinski definition) is 3. The maximum Gasteiger partial charge on any atom is 0.0618 e. The molecule has 0 aromatic heterocycles. The third-order valence-corrected chi connectivity index (χ3v) is 4.94. The van der Waals surface area contributed by atoms with Crippen molar-refractivity contribution >= 4 is 23.4 Å². The highest BCUT2D eigenvalue weighted by atomic mass is 35.5. The van der Waals surface area contributed by atoms with Gasteiger partial charge in [0.1, 0.15) is 0 Å². The van der Waals surface area contributed by atoms with Crippen molar-refractivity contribution in [3.63, 3.8) is 0 Å². The number of benzene rings is 1. The lowest BCUT2D eigenvalue weighted by atomic mass is 9.99. The maximum absolute atomic E-state index is 6.14. The molecular weight excluding hydrogens is 278 g/mol. The predicted octanol–water partition coefficient (Wildman–Crippen LogP) is 4.14. The van der Waals surface area contributed by atoms with Gasteiger partial charge in [-0.25, -0.2) is 0 Å². The van der Waals surface area contributed by atoms with Gasteiger partial charge in [0.15, 0.2) is 0 Å². The summed E-state index contributed by atoms with van der Waals surface area (Å²) in [7, 11) is 1.76. The summed E-state index contributed by atoms with van der Waals surface area (Å²) in [5, 5.41) is 4.56. The topological polar surface area (TPSA) is 21.3 Å². The van der Waals surface area contributed by atoms with E-state index < -0.39 is 0 Å². The molecule has 106 valence electrons. The standard InChI is InChI=1S/C15H22ClNOS/c1-10(2)14(9-18-3)17-13-6-7-19-15-5-4-11(16)8-12(13)15/h4-5,8,10,13-14,17H,6-7,9H2,1-3H3. The summed E-state index contributed by atoms with van der Waals surface area (Å²) in [5.41, 5.74) is 1.34. The van der Waals surface area contributed by atoms with Crippen molar-refractivity contribution < 1.29 is 4.74 Å². The second-order valence-electron chi connectivity index (χ2n) is 5.34. The lowest BCUT2D eigenvalue weighted by molar-refractivity contribution is 0.139. The predicted molar refractivity (Wildman–Crippen MR) is 83.2 cm³/mol. The largest absolute Gasteiger partial charge is 0.383 e. The van der Waals surface area contributed by atoms with E-state index in [1.807, 2.05) is 17.8 Å². The van der Waals surface area contributed by atoms with Crippen LogP contribution < -0.4 is 5.32 Å². The van der Waals surface area contributed by atoms with Crippen LogP contribution in [0.15, 0.2) is 23.1 Å². The Hall–Kier alpha value is -0.220. The molecule has 0 aliphatic carbocycles. The molecule has 1 N–H and O–H groups in total. The van der Waals surface area contributed by atoms with Crippen LogP contribution in [0.3, 0.4) is 0 Å². The van der Waals surface area contributed by atoms with Gasteiger partial charge in [-0.15, -0.1) is 11.8 Å². The summed E-state index contributed by atoms with van der Waals surface area (Å²) < 4.78 is 5.32. The number of ether oxygens (including phenoxy) is 1. The van der Waals surface area contributed by atoms with E-state index in [4.69, 9.17) is 16.3 Å². The van der Waals surface area contributed by atoms with Gasteiger partial charge in [0.05, 0.1) is 6.61 Å². The maximum atomic E-state index is 6.14. The zero-order chi connectivity index (χ0) is 13.8. The highest BCUT2D eigenvalue weighted by molar-refractivity contribution is 7.99. The summed E-state index contributed by atoms with van der Waals surface area (Å²) in [5.74, 6) is 1.71. The third kappa shape index (κ3) is 3.88. The van der Waals surface area contributed by atoms with E-state index in [1.165, 1.54) is 10.5 Å². The van der Waals surface area contributed by atoms with Gasteiger partial charge in [-0.05, 0) is 41.9 Å². The molecule has 2 unspecified atom stereocenters. The Labute approximate surface area is 125 Å². The lowest BCUT2D eigenvalue weighted by Gasteiger charge is -2.32. The molecule has 1 aromatic carbocycles. The molecule has 2 rings (SSSR count). The summed E-state index contributed by atoms with van der Waals surface area (Å²) in [4.78, 5) is 1.35. The first-order valence-corrected chi connectivity index (χ1v) is 8.15. The van der Waals surface area contributed by atoms with Gasteiger partial charge in [0, 0.05) is 29.1 Å². The van der Waals surface area contributed by atoms with Crippen LogP contribution in [0.4, 0.5) is 0 Å². The Morgan fingerprint density at radius 3 is 2.95 bits per heavy atom. The molecule has 2 nitrogen and oxygen atoms in total. The zero-order valence-corrected chi connectivity index (χ0v) is 13.4. The van der Waals surface area contributed by atoms with E-state index in [-0.39, 0.29) is 0 Å². The van der Waals surface area contributed by atoms with Gasteiger partial charge < -0.3 is 10.1 Å². The molecule has 0 amide bonds. The fraction of sp³-hybridized carbons (Fsp3) is 0.600.